The second-order valence-electron chi connectivity index (χ2n) is 6.20. The Hall–Kier alpha value is -0.0800. The number of rotatable bonds is 5. The lowest BCUT2D eigenvalue weighted by Gasteiger charge is -2.10. The minimum absolute atomic E-state index is 0.877. The Labute approximate surface area is 92.2 Å². The summed E-state index contributed by atoms with van der Waals surface area (Å²) in [6, 6.07) is 1.80. The maximum atomic E-state index is 3.78. The summed E-state index contributed by atoms with van der Waals surface area (Å²) in [7, 11) is 0. The largest absolute Gasteiger partial charge is 0.313 e. The van der Waals surface area contributed by atoms with Gasteiger partial charge in [-0.25, -0.2) is 0 Å². The Morgan fingerprint density at radius 1 is 0.800 bits per heavy atom. The van der Waals surface area contributed by atoms with Crippen molar-refractivity contribution in [3.05, 3.63) is 0 Å². The highest BCUT2D eigenvalue weighted by atomic mass is 15.1. The van der Waals surface area contributed by atoms with Gasteiger partial charge in [0.25, 0.3) is 0 Å². The van der Waals surface area contributed by atoms with Gasteiger partial charge >= 0.3 is 0 Å². The third kappa shape index (κ3) is 1.45. The van der Waals surface area contributed by atoms with Crippen LogP contribution in [0.15, 0.2) is 0 Å². The van der Waals surface area contributed by atoms with E-state index < -0.39 is 0 Å². The Morgan fingerprint density at radius 2 is 1.47 bits per heavy atom. The predicted molar refractivity (Wildman–Crippen MR) is 60.6 cm³/mol. The molecule has 4 aliphatic rings. The quantitative estimate of drug-likeness (QED) is 0.664. The van der Waals surface area contributed by atoms with E-state index in [2.05, 4.69) is 10.6 Å². The summed E-state index contributed by atoms with van der Waals surface area (Å²) in [4.78, 5) is 0. The Morgan fingerprint density at radius 3 is 2.13 bits per heavy atom. The molecule has 4 atom stereocenters. The number of hydrogen-bond donors (Lipinski definition) is 2. The lowest BCUT2D eigenvalue weighted by molar-refractivity contribution is 0.456. The summed E-state index contributed by atoms with van der Waals surface area (Å²) in [6.45, 7) is 2.39. The van der Waals surface area contributed by atoms with Crippen molar-refractivity contribution >= 4 is 0 Å². The maximum absolute atomic E-state index is 3.78. The summed E-state index contributed by atoms with van der Waals surface area (Å²) in [6.07, 6.45) is 7.50. The molecule has 4 saturated carbocycles. The van der Waals surface area contributed by atoms with Crippen LogP contribution in [0.3, 0.4) is 0 Å². The van der Waals surface area contributed by atoms with Gasteiger partial charge in [-0.1, -0.05) is 0 Å². The van der Waals surface area contributed by atoms with Gasteiger partial charge in [-0.15, -0.1) is 0 Å². The van der Waals surface area contributed by atoms with E-state index in [0.717, 1.165) is 35.8 Å². The van der Waals surface area contributed by atoms with E-state index in [0.29, 0.717) is 0 Å². The Bertz CT molecular complexity index is 245. The lowest BCUT2D eigenvalue weighted by atomic mass is 10.0. The van der Waals surface area contributed by atoms with Crippen molar-refractivity contribution in [3.8, 4) is 0 Å². The summed E-state index contributed by atoms with van der Waals surface area (Å²) in [5, 5.41) is 7.36. The van der Waals surface area contributed by atoms with Crippen LogP contribution in [0.4, 0.5) is 0 Å². The molecule has 2 nitrogen and oxygen atoms in total. The van der Waals surface area contributed by atoms with Crippen molar-refractivity contribution in [1.82, 2.24) is 10.6 Å². The molecule has 0 saturated heterocycles. The van der Waals surface area contributed by atoms with Gasteiger partial charge in [-0.05, 0) is 55.8 Å². The molecule has 4 rings (SSSR count). The van der Waals surface area contributed by atoms with E-state index in [1.165, 1.54) is 25.9 Å². The zero-order valence-electron chi connectivity index (χ0n) is 9.41. The van der Waals surface area contributed by atoms with Gasteiger partial charge in [0.05, 0.1) is 0 Å². The van der Waals surface area contributed by atoms with Crippen molar-refractivity contribution in [1.29, 1.82) is 0 Å². The van der Waals surface area contributed by atoms with Gasteiger partial charge in [-0.2, -0.15) is 0 Å². The van der Waals surface area contributed by atoms with E-state index in [1.54, 1.807) is 19.3 Å². The zero-order chi connectivity index (χ0) is 9.83. The van der Waals surface area contributed by atoms with E-state index in [4.69, 9.17) is 0 Å². The minimum atomic E-state index is 0.877. The SMILES string of the molecule is C(CNC1C2C3CCC(C3)C12)NC1CC1. The van der Waals surface area contributed by atoms with Crippen molar-refractivity contribution in [2.75, 3.05) is 13.1 Å². The zero-order valence-corrected chi connectivity index (χ0v) is 9.41. The molecule has 2 bridgehead atoms. The van der Waals surface area contributed by atoms with Gasteiger partial charge in [0.2, 0.25) is 0 Å². The molecule has 4 fully saturated rings. The number of nitrogens with one attached hydrogen (secondary N) is 2. The predicted octanol–water partition coefficient (Wildman–Crippen LogP) is 1.37. The normalized spacial score (nSPS) is 50.8. The molecular formula is C13H22N2. The molecule has 0 amide bonds. The van der Waals surface area contributed by atoms with Crippen LogP contribution in [0.1, 0.15) is 32.1 Å². The van der Waals surface area contributed by atoms with Crippen LogP contribution in [-0.2, 0) is 0 Å². The first-order valence-electron chi connectivity index (χ1n) is 6.90. The summed E-state index contributed by atoms with van der Waals surface area (Å²) >= 11 is 0. The summed E-state index contributed by atoms with van der Waals surface area (Å²) < 4.78 is 0. The highest BCUT2D eigenvalue weighted by Crippen LogP contribution is 2.65. The van der Waals surface area contributed by atoms with Crippen LogP contribution < -0.4 is 10.6 Å². The summed E-state index contributed by atoms with van der Waals surface area (Å²) in [5.74, 6) is 4.44. The van der Waals surface area contributed by atoms with Crippen molar-refractivity contribution in [3.63, 3.8) is 0 Å². The van der Waals surface area contributed by atoms with Crippen LogP contribution in [0, 0.1) is 23.7 Å². The summed E-state index contributed by atoms with van der Waals surface area (Å²) in [5.41, 5.74) is 0. The molecule has 0 radical (unpaired) electrons. The van der Waals surface area contributed by atoms with Crippen molar-refractivity contribution in [2.24, 2.45) is 23.7 Å². The van der Waals surface area contributed by atoms with Crippen molar-refractivity contribution in [2.45, 2.75) is 44.2 Å². The van der Waals surface area contributed by atoms with Crippen LogP contribution in [0.25, 0.3) is 0 Å². The maximum Gasteiger partial charge on any atom is 0.0136 e. The molecule has 0 aromatic heterocycles. The highest BCUT2D eigenvalue weighted by molar-refractivity contribution is 5.16. The van der Waals surface area contributed by atoms with E-state index >= 15 is 0 Å². The van der Waals surface area contributed by atoms with Crippen LogP contribution in [0.5, 0.6) is 0 Å². The first-order chi connectivity index (χ1) is 7.43. The third-order valence-corrected chi connectivity index (χ3v) is 5.25. The number of fused-ring (bicyclic) bond motifs is 5. The standard InChI is InChI=1S/C13H22N2/c1-2-9-7-8(1)11-12(9)13(11)15-6-5-14-10-3-4-10/h8-15H,1-7H2. The Balaban J connectivity index is 1.21. The highest BCUT2D eigenvalue weighted by Gasteiger charge is 2.64. The van der Waals surface area contributed by atoms with E-state index in [1.807, 2.05) is 0 Å². The molecule has 2 N–H and O–H groups in total. The Kier molecular flexibility index (Phi) is 1.92. The van der Waals surface area contributed by atoms with Crippen LogP contribution >= 0.6 is 0 Å². The number of hydrogen-bond acceptors (Lipinski definition) is 2. The minimum Gasteiger partial charge on any atom is -0.313 e. The molecule has 0 heterocycles. The second-order valence-corrected chi connectivity index (χ2v) is 6.20. The first-order valence-corrected chi connectivity index (χ1v) is 6.90. The van der Waals surface area contributed by atoms with Crippen LogP contribution in [-0.4, -0.2) is 25.2 Å². The molecule has 4 unspecified atom stereocenters. The average molecular weight is 206 g/mol. The molecular weight excluding hydrogens is 184 g/mol. The third-order valence-electron chi connectivity index (χ3n) is 5.25. The fourth-order valence-corrected chi connectivity index (χ4v) is 4.40. The van der Waals surface area contributed by atoms with Crippen molar-refractivity contribution < 1.29 is 0 Å². The fraction of sp³-hybridized carbons (Fsp3) is 1.00. The molecule has 15 heavy (non-hydrogen) atoms. The van der Waals surface area contributed by atoms with Gasteiger partial charge in [0.1, 0.15) is 0 Å². The molecule has 0 aromatic carbocycles. The smallest absolute Gasteiger partial charge is 0.0136 e. The topological polar surface area (TPSA) is 24.1 Å². The van der Waals surface area contributed by atoms with Crippen LogP contribution in [0.2, 0.25) is 0 Å². The molecule has 4 aliphatic carbocycles. The van der Waals surface area contributed by atoms with Gasteiger partial charge in [0, 0.05) is 25.2 Å². The monoisotopic (exact) mass is 206 g/mol. The molecule has 0 aromatic rings. The van der Waals surface area contributed by atoms with Gasteiger partial charge in [-0.3, -0.25) is 0 Å². The molecule has 0 spiro atoms. The average Bonchev–Trinajstić information content (AvgIpc) is 3.13. The molecule has 0 aliphatic heterocycles. The second kappa shape index (κ2) is 3.21. The van der Waals surface area contributed by atoms with E-state index in [-0.39, 0.29) is 0 Å². The molecule has 2 heteroatoms. The fourth-order valence-electron chi connectivity index (χ4n) is 4.40. The van der Waals surface area contributed by atoms with E-state index in [9.17, 15) is 0 Å². The lowest BCUT2D eigenvalue weighted by Crippen LogP contribution is -2.32. The van der Waals surface area contributed by atoms with Gasteiger partial charge < -0.3 is 10.6 Å². The van der Waals surface area contributed by atoms with Gasteiger partial charge in [0.15, 0.2) is 0 Å². The molecule has 84 valence electrons. The first kappa shape index (κ1) is 9.00.